The predicted octanol–water partition coefficient (Wildman–Crippen LogP) is 2.57. The van der Waals surface area contributed by atoms with Gasteiger partial charge in [-0.2, -0.15) is 0 Å². The lowest BCUT2D eigenvalue weighted by atomic mass is 10.1. The van der Waals surface area contributed by atoms with Gasteiger partial charge in [-0.05, 0) is 35.4 Å². The van der Waals surface area contributed by atoms with Gasteiger partial charge in [-0.25, -0.2) is 9.59 Å². The summed E-state index contributed by atoms with van der Waals surface area (Å²) in [4.78, 5) is 21.5. The Morgan fingerprint density at radius 1 is 0.870 bits per heavy atom. The lowest BCUT2D eigenvalue weighted by Gasteiger charge is -2.09. The molecular formula is C16H14O6S. The highest BCUT2D eigenvalue weighted by atomic mass is 32.1. The summed E-state index contributed by atoms with van der Waals surface area (Å²) >= 11 is 4.29. The third-order valence-electron chi connectivity index (χ3n) is 2.86. The van der Waals surface area contributed by atoms with E-state index in [2.05, 4.69) is 12.6 Å². The first-order chi connectivity index (χ1) is 11.0. The molecule has 6 nitrogen and oxygen atoms in total. The van der Waals surface area contributed by atoms with Crippen LogP contribution >= 0.6 is 12.6 Å². The second-order valence-corrected chi connectivity index (χ2v) is 5.05. The van der Waals surface area contributed by atoms with Crippen molar-refractivity contribution >= 4 is 24.6 Å². The standard InChI is InChI=1S/C16H14O6S/c17-15(18)8-21-12-4-1-10(2-5-12)11-3-6-13(14(23)7-11)22-9-16(19)20/h1-7,23H,8-9H2,(H,17,18)(H,19,20). The molecule has 2 rings (SSSR count). The molecule has 0 atom stereocenters. The van der Waals surface area contributed by atoms with Crippen LogP contribution < -0.4 is 9.47 Å². The minimum atomic E-state index is -1.06. The molecule has 120 valence electrons. The normalized spacial score (nSPS) is 10.1. The van der Waals surface area contributed by atoms with Crippen LogP contribution in [-0.4, -0.2) is 35.4 Å². The van der Waals surface area contributed by atoms with E-state index in [0.29, 0.717) is 16.4 Å². The van der Waals surface area contributed by atoms with Crippen molar-refractivity contribution < 1.29 is 29.3 Å². The Labute approximate surface area is 137 Å². The summed E-state index contributed by atoms with van der Waals surface area (Å²) in [6, 6.07) is 12.1. The Morgan fingerprint density at radius 2 is 1.43 bits per heavy atom. The molecule has 0 aliphatic rings. The molecule has 2 aromatic rings. The van der Waals surface area contributed by atoms with Crippen LogP contribution in [0.3, 0.4) is 0 Å². The average Bonchev–Trinajstić information content (AvgIpc) is 2.52. The number of carboxylic acids is 2. The van der Waals surface area contributed by atoms with Crippen LogP contribution in [0.5, 0.6) is 11.5 Å². The molecule has 0 spiro atoms. The SMILES string of the molecule is O=C(O)COc1ccc(-c2ccc(OCC(=O)O)c(S)c2)cc1. The van der Waals surface area contributed by atoms with E-state index in [-0.39, 0.29) is 0 Å². The molecule has 0 unspecified atom stereocenters. The Balaban J connectivity index is 2.10. The second-order valence-electron chi connectivity index (χ2n) is 4.57. The number of hydrogen-bond donors (Lipinski definition) is 3. The smallest absolute Gasteiger partial charge is 0.341 e. The largest absolute Gasteiger partial charge is 0.482 e. The molecule has 0 saturated carbocycles. The van der Waals surface area contributed by atoms with Crippen LogP contribution in [0.2, 0.25) is 0 Å². The van der Waals surface area contributed by atoms with E-state index < -0.39 is 25.2 Å². The number of carboxylic acid groups (broad SMARTS) is 2. The summed E-state index contributed by atoms with van der Waals surface area (Å²) in [6.45, 7) is -0.821. The summed E-state index contributed by atoms with van der Waals surface area (Å²) in [6.07, 6.45) is 0. The number of thiol groups is 1. The molecule has 0 heterocycles. The van der Waals surface area contributed by atoms with E-state index in [0.717, 1.165) is 11.1 Å². The van der Waals surface area contributed by atoms with Gasteiger partial charge in [0.25, 0.3) is 0 Å². The van der Waals surface area contributed by atoms with Crippen molar-refractivity contribution in [1.82, 2.24) is 0 Å². The Hall–Kier alpha value is -2.67. The van der Waals surface area contributed by atoms with E-state index in [1.165, 1.54) is 0 Å². The zero-order valence-corrected chi connectivity index (χ0v) is 12.8. The third-order valence-corrected chi connectivity index (χ3v) is 3.21. The maximum absolute atomic E-state index is 10.5. The molecule has 7 heteroatoms. The van der Waals surface area contributed by atoms with Crippen molar-refractivity contribution in [2.75, 3.05) is 13.2 Å². The van der Waals surface area contributed by atoms with Crippen LogP contribution in [0, 0.1) is 0 Å². The highest BCUT2D eigenvalue weighted by Crippen LogP contribution is 2.30. The van der Waals surface area contributed by atoms with Crippen LogP contribution in [0.25, 0.3) is 11.1 Å². The highest BCUT2D eigenvalue weighted by molar-refractivity contribution is 7.80. The molecule has 0 bridgehead atoms. The lowest BCUT2D eigenvalue weighted by Crippen LogP contribution is -2.09. The summed E-state index contributed by atoms with van der Waals surface area (Å²) in [5.74, 6) is -1.24. The molecule has 0 saturated heterocycles. The fourth-order valence-corrected chi connectivity index (χ4v) is 2.13. The van der Waals surface area contributed by atoms with Gasteiger partial charge in [0.1, 0.15) is 11.5 Å². The van der Waals surface area contributed by atoms with Crippen LogP contribution in [0.15, 0.2) is 47.4 Å². The van der Waals surface area contributed by atoms with Crippen molar-refractivity contribution in [3.8, 4) is 22.6 Å². The number of aliphatic carboxylic acids is 2. The zero-order valence-electron chi connectivity index (χ0n) is 11.9. The number of hydrogen-bond acceptors (Lipinski definition) is 5. The molecule has 0 aliphatic carbocycles. The highest BCUT2D eigenvalue weighted by Gasteiger charge is 2.07. The van der Waals surface area contributed by atoms with E-state index in [4.69, 9.17) is 19.7 Å². The van der Waals surface area contributed by atoms with Crippen molar-refractivity contribution in [2.24, 2.45) is 0 Å². The van der Waals surface area contributed by atoms with Gasteiger partial charge in [-0.3, -0.25) is 0 Å². The van der Waals surface area contributed by atoms with Crippen LogP contribution in [-0.2, 0) is 9.59 Å². The first-order valence-corrected chi connectivity index (χ1v) is 7.03. The minimum absolute atomic E-state index is 0.390. The summed E-state index contributed by atoms with van der Waals surface area (Å²) < 4.78 is 10.2. The van der Waals surface area contributed by atoms with E-state index in [9.17, 15) is 9.59 Å². The molecule has 0 aliphatic heterocycles. The zero-order chi connectivity index (χ0) is 16.8. The van der Waals surface area contributed by atoms with Gasteiger partial charge >= 0.3 is 11.9 Å². The van der Waals surface area contributed by atoms with E-state index in [1.807, 2.05) is 0 Å². The molecule has 2 aromatic carbocycles. The molecule has 0 amide bonds. The predicted molar refractivity (Wildman–Crippen MR) is 85.4 cm³/mol. The summed E-state index contributed by atoms with van der Waals surface area (Å²) in [5, 5.41) is 17.2. The van der Waals surface area contributed by atoms with Gasteiger partial charge in [-0.1, -0.05) is 18.2 Å². The van der Waals surface area contributed by atoms with Crippen LogP contribution in [0.1, 0.15) is 0 Å². The maximum Gasteiger partial charge on any atom is 0.341 e. The fraction of sp³-hybridized carbons (Fsp3) is 0.125. The monoisotopic (exact) mass is 334 g/mol. The molecule has 23 heavy (non-hydrogen) atoms. The topological polar surface area (TPSA) is 93.1 Å². The van der Waals surface area contributed by atoms with Crippen molar-refractivity contribution in [2.45, 2.75) is 4.90 Å². The van der Waals surface area contributed by atoms with E-state index >= 15 is 0 Å². The van der Waals surface area contributed by atoms with Gasteiger partial charge in [0.15, 0.2) is 13.2 Å². The first kappa shape index (κ1) is 16.7. The van der Waals surface area contributed by atoms with Crippen molar-refractivity contribution in [3.63, 3.8) is 0 Å². The van der Waals surface area contributed by atoms with Gasteiger partial charge < -0.3 is 19.7 Å². The fourth-order valence-electron chi connectivity index (χ4n) is 1.85. The second kappa shape index (κ2) is 7.55. The number of benzene rings is 2. The van der Waals surface area contributed by atoms with Gasteiger partial charge in [0.2, 0.25) is 0 Å². The maximum atomic E-state index is 10.5. The van der Waals surface area contributed by atoms with Gasteiger partial charge in [-0.15, -0.1) is 12.6 Å². The minimum Gasteiger partial charge on any atom is -0.482 e. The number of rotatable bonds is 7. The van der Waals surface area contributed by atoms with Crippen LogP contribution in [0.4, 0.5) is 0 Å². The molecule has 2 N–H and O–H groups in total. The summed E-state index contributed by atoms with van der Waals surface area (Å²) in [5.41, 5.74) is 1.75. The molecule has 0 aromatic heterocycles. The third kappa shape index (κ3) is 4.93. The Bertz CT molecular complexity index is 711. The molecular weight excluding hydrogens is 320 g/mol. The molecule has 0 fully saturated rings. The van der Waals surface area contributed by atoms with E-state index in [1.54, 1.807) is 42.5 Å². The lowest BCUT2D eigenvalue weighted by molar-refractivity contribution is -0.140. The number of carbonyl (C=O) groups is 2. The Kier molecular flexibility index (Phi) is 5.48. The van der Waals surface area contributed by atoms with Gasteiger partial charge in [0, 0.05) is 4.90 Å². The Morgan fingerprint density at radius 3 is 2.00 bits per heavy atom. The molecule has 0 radical (unpaired) electrons. The van der Waals surface area contributed by atoms with Crippen molar-refractivity contribution in [3.05, 3.63) is 42.5 Å². The first-order valence-electron chi connectivity index (χ1n) is 6.58. The number of ether oxygens (including phenoxy) is 2. The summed E-state index contributed by atoms with van der Waals surface area (Å²) in [7, 11) is 0. The quantitative estimate of drug-likeness (QED) is 0.674. The van der Waals surface area contributed by atoms with Crippen molar-refractivity contribution in [1.29, 1.82) is 0 Å². The average molecular weight is 334 g/mol. The van der Waals surface area contributed by atoms with Gasteiger partial charge in [0.05, 0.1) is 0 Å².